The third kappa shape index (κ3) is 4.16. The Labute approximate surface area is 173 Å². The van der Waals surface area contributed by atoms with Gasteiger partial charge < -0.3 is 15.5 Å². The number of amides is 1. The average Bonchev–Trinajstić information content (AvgIpc) is 3.04. The van der Waals surface area contributed by atoms with Crippen LogP contribution in [0.1, 0.15) is 38.8 Å². The number of aromatic carboxylic acids is 1. The minimum absolute atomic E-state index is 0.0622. The fourth-order valence-corrected chi connectivity index (χ4v) is 3.81. The highest BCUT2D eigenvalue weighted by Crippen LogP contribution is 2.38. The standard InChI is InChI=1S/C21H16F3NO4S/c1-10-3-5-12(15(22)7-10)14-9-30-19(17(14)20(28)29)25-18(27)13-6-4-11(8-16(13)26)21(2,23)24/h3-9,26H,1-2H3,(H,25,27)(H,28,29). The molecule has 0 bridgehead atoms. The van der Waals surface area contributed by atoms with Crippen LogP contribution in [-0.4, -0.2) is 22.1 Å². The molecule has 1 heterocycles. The monoisotopic (exact) mass is 435 g/mol. The number of carboxylic acid groups (broad SMARTS) is 1. The van der Waals surface area contributed by atoms with E-state index in [1.807, 2.05) is 0 Å². The van der Waals surface area contributed by atoms with Crippen LogP contribution in [0.15, 0.2) is 41.8 Å². The van der Waals surface area contributed by atoms with Crippen molar-refractivity contribution in [1.29, 1.82) is 0 Å². The molecular weight excluding hydrogens is 419 g/mol. The van der Waals surface area contributed by atoms with E-state index in [4.69, 9.17) is 0 Å². The maximum absolute atomic E-state index is 14.3. The first kappa shape index (κ1) is 21.4. The summed E-state index contributed by atoms with van der Waals surface area (Å²) in [6, 6.07) is 7.12. The first-order valence-electron chi connectivity index (χ1n) is 8.63. The molecule has 2 aromatic carbocycles. The average molecular weight is 435 g/mol. The van der Waals surface area contributed by atoms with Crippen molar-refractivity contribution >= 4 is 28.2 Å². The summed E-state index contributed by atoms with van der Waals surface area (Å²) in [5.41, 5.74) is -0.287. The lowest BCUT2D eigenvalue weighted by Crippen LogP contribution is -2.15. The van der Waals surface area contributed by atoms with Gasteiger partial charge in [-0.15, -0.1) is 11.3 Å². The van der Waals surface area contributed by atoms with Gasteiger partial charge in [0.25, 0.3) is 11.8 Å². The van der Waals surface area contributed by atoms with Crippen LogP contribution in [0.4, 0.5) is 18.2 Å². The number of phenolic OH excluding ortho intramolecular Hbond substituents is 1. The number of carboxylic acids is 1. The molecule has 3 N–H and O–H groups in total. The van der Waals surface area contributed by atoms with Gasteiger partial charge in [-0.2, -0.15) is 0 Å². The molecule has 1 amide bonds. The minimum Gasteiger partial charge on any atom is -0.507 e. The van der Waals surface area contributed by atoms with E-state index in [2.05, 4.69) is 5.32 Å². The third-order valence-corrected chi connectivity index (χ3v) is 5.29. The van der Waals surface area contributed by atoms with E-state index in [0.29, 0.717) is 12.5 Å². The Balaban J connectivity index is 1.97. The molecule has 156 valence electrons. The Bertz CT molecular complexity index is 1150. The van der Waals surface area contributed by atoms with Gasteiger partial charge in [0.15, 0.2) is 0 Å². The van der Waals surface area contributed by atoms with Gasteiger partial charge in [0, 0.05) is 29.0 Å². The molecule has 0 atom stereocenters. The van der Waals surface area contributed by atoms with E-state index < -0.39 is 34.9 Å². The van der Waals surface area contributed by atoms with E-state index in [1.165, 1.54) is 17.5 Å². The van der Waals surface area contributed by atoms with Crippen LogP contribution in [0, 0.1) is 12.7 Å². The molecule has 30 heavy (non-hydrogen) atoms. The molecule has 1 aromatic heterocycles. The van der Waals surface area contributed by atoms with Gasteiger partial charge in [-0.3, -0.25) is 4.79 Å². The Hall–Kier alpha value is -3.33. The summed E-state index contributed by atoms with van der Waals surface area (Å²) in [6.45, 7) is 2.34. The quantitative estimate of drug-likeness (QED) is 0.485. The number of rotatable bonds is 5. The first-order chi connectivity index (χ1) is 14.0. The number of carbonyl (C=O) groups is 2. The highest BCUT2D eigenvalue weighted by atomic mass is 32.1. The van der Waals surface area contributed by atoms with Crippen LogP contribution in [-0.2, 0) is 5.92 Å². The SMILES string of the molecule is Cc1ccc(-c2csc(NC(=O)c3ccc(C(C)(F)F)cc3O)c2C(=O)O)c(F)c1. The number of carbonyl (C=O) groups excluding carboxylic acids is 1. The van der Waals surface area contributed by atoms with Gasteiger partial charge in [0.2, 0.25) is 0 Å². The van der Waals surface area contributed by atoms with Crippen LogP contribution >= 0.6 is 11.3 Å². The molecule has 0 unspecified atom stereocenters. The van der Waals surface area contributed by atoms with Crippen molar-refractivity contribution in [2.45, 2.75) is 19.8 Å². The summed E-state index contributed by atoms with van der Waals surface area (Å²) >= 11 is 0.867. The summed E-state index contributed by atoms with van der Waals surface area (Å²) in [5.74, 6) is -6.76. The van der Waals surface area contributed by atoms with Crippen LogP contribution in [0.3, 0.4) is 0 Å². The number of aryl methyl sites for hydroxylation is 1. The largest absolute Gasteiger partial charge is 0.507 e. The highest BCUT2D eigenvalue weighted by Gasteiger charge is 2.27. The fourth-order valence-electron chi connectivity index (χ4n) is 2.87. The highest BCUT2D eigenvalue weighted by molar-refractivity contribution is 7.15. The number of benzene rings is 2. The number of hydrogen-bond donors (Lipinski definition) is 3. The van der Waals surface area contributed by atoms with Gasteiger partial charge in [0.05, 0.1) is 5.56 Å². The first-order valence-corrected chi connectivity index (χ1v) is 9.51. The molecule has 0 fully saturated rings. The lowest BCUT2D eigenvalue weighted by atomic mass is 10.0. The number of phenols is 1. The molecule has 0 radical (unpaired) electrons. The van der Waals surface area contributed by atoms with Crippen molar-refractivity contribution in [3.8, 4) is 16.9 Å². The second kappa shape index (κ2) is 7.83. The lowest BCUT2D eigenvalue weighted by Gasteiger charge is -2.13. The van der Waals surface area contributed by atoms with Gasteiger partial charge in [-0.1, -0.05) is 18.2 Å². The molecule has 0 saturated heterocycles. The van der Waals surface area contributed by atoms with Crippen LogP contribution in [0.5, 0.6) is 5.75 Å². The smallest absolute Gasteiger partial charge is 0.339 e. The Morgan fingerprint density at radius 3 is 2.37 bits per heavy atom. The zero-order chi connectivity index (χ0) is 22.2. The molecule has 9 heteroatoms. The Morgan fingerprint density at radius 2 is 1.80 bits per heavy atom. The summed E-state index contributed by atoms with van der Waals surface area (Å²) in [4.78, 5) is 24.3. The molecule has 3 rings (SSSR count). The number of anilines is 1. The number of hydrogen-bond acceptors (Lipinski definition) is 4. The van der Waals surface area contributed by atoms with Gasteiger partial charge in [0.1, 0.15) is 22.1 Å². The Morgan fingerprint density at radius 1 is 1.10 bits per heavy atom. The van der Waals surface area contributed by atoms with Gasteiger partial charge in [-0.25, -0.2) is 18.0 Å². The molecule has 0 aliphatic carbocycles. The van der Waals surface area contributed by atoms with Gasteiger partial charge >= 0.3 is 5.97 Å². The number of alkyl halides is 2. The molecule has 5 nitrogen and oxygen atoms in total. The lowest BCUT2D eigenvalue weighted by molar-refractivity contribution is 0.0172. The van der Waals surface area contributed by atoms with Crippen molar-refractivity contribution in [3.05, 3.63) is 69.8 Å². The number of thiophene rings is 1. The van der Waals surface area contributed by atoms with E-state index in [-0.39, 0.29) is 27.3 Å². The number of nitrogens with one attached hydrogen (secondary N) is 1. The zero-order valence-corrected chi connectivity index (χ0v) is 16.6. The molecule has 0 saturated carbocycles. The molecule has 0 aliphatic rings. The normalized spacial score (nSPS) is 11.4. The number of aromatic hydroxyl groups is 1. The van der Waals surface area contributed by atoms with Crippen molar-refractivity contribution in [1.82, 2.24) is 0 Å². The maximum Gasteiger partial charge on any atom is 0.339 e. The van der Waals surface area contributed by atoms with E-state index in [1.54, 1.807) is 13.0 Å². The second-order valence-electron chi connectivity index (χ2n) is 6.72. The molecular formula is C21H16F3NO4S. The molecule has 0 spiro atoms. The van der Waals surface area contributed by atoms with Crippen LogP contribution in [0.25, 0.3) is 11.1 Å². The number of halogens is 3. The van der Waals surface area contributed by atoms with Crippen LogP contribution in [0.2, 0.25) is 0 Å². The zero-order valence-electron chi connectivity index (χ0n) is 15.8. The predicted molar refractivity (Wildman–Crippen MR) is 107 cm³/mol. The summed E-state index contributed by atoms with van der Waals surface area (Å²) in [6.07, 6.45) is 0. The van der Waals surface area contributed by atoms with Crippen molar-refractivity contribution in [2.75, 3.05) is 5.32 Å². The topological polar surface area (TPSA) is 86.6 Å². The summed E-state index contributed by atoms with van der Waals surface area (Å²) in [7, 11) is 0. The summed E-state index contributed by atoms with van der Waals surface area (Å²) in [5, 5.41) is 23.3. The van der Waals surface area contributed by atoms with E-state index in [0.717, 1.165) is 29.5 Å². The van der Waals surface area contributed by atoms with Crippen molar-refractivity contribution in [2.24, 2.45) is 0 Å². The van der Waals surface area contributed by atoms with Gasteiger partial charge in [-0.05, 0) is 30.7 Å². The molecule has 0 aliphatic heterocycles. The fraction of sp³-hybridized carbons (Fsp3) is 0.143. The van der Waals surface area contributed by atoms with Crippen molar-refractivity contribution < 1.29 is 33.0 Å². The van der Waals surface area contributed by atoms with E-state index in [9.17, 15) is 33.0 Å². The predicted octanol–water partition coefficient (Wildman–Crippen LogP) is 5.63. The van der Waals surface area contributed by atoms with Crippen molar-refractivity contribution in [3.63, 3.8) is 0 Å². The minimum atomic E-state index is -3.20. The van der Waals surface area contributed by atoms with Crippen LogP contribution < -0.4 is 5.32 Å². The maximum atomic E-state index is 14.3. The molecule has 3 aromatic rings. The summed E-state index contributed by atoms with van der Waals surface area (Å²) < 4.78 is 41.1. The third-order valence-electron chi connectivity index (χ3n) is 4.40. The second-order valence-corrected chi connectivity index (χ2v) is 7.60. The Kier molecular flexibility index (Phi) is 5.58. The van der Waals surface area contributed by atoms with E-state index >= 15 is 0 Å².